The minimum atomic E-state index is 0.289. The third-order valence-corrected chi connectivity index (χ3v) is 4.80. The van der Waals surface area contributed by atoms with Crippen molar-refractivity contribution in [3.8, 4) is 0 Å². The van der Waals surface area contributed by atoms with Crippen LogP contribution in [0.25, 0.3) is 0 Å². The second-order valence-electron chi connectivity index (χ2n) is 6.64. The molecule has 1 spiro atoms. The zero-order valence-corrected chi connectivity index (χ0v) is 13.5. The minimum Gasteiger partial charge on any atom is -0.383 e. The number of rotatable bonds is 5. The van der Waals surface area contributed by atoms with Crippen molar-refractivity contribution in [1.29, 1.82) is 0 Å². The molecule has 2 aliphatic rings. The van der Waals surface area contributed by atoms with Gasteiger partial charge in [-0.25, -0.2) is 0 Å². The van der Waals surface area contributed by atoms with E-state index in [-0.39, 0.29) is 5.41 Å². The van der Waals surface area contributed by atoms with Crippen LogP contribution in [0.1, 0.15) is 12.0 Å². The SMILES string of the molecule is COCCN1CC[C@]2(COCCN(Cc3ccncc3)C2)C1. The maximum absolute atomic E-state index is 5.94. The van der Waals surface area contributed by atoms with Gasteiger partial charge in [-0.15, -0.1) is 0 Å². The molecule has 1 atom stereocenters. The van der Waals surface area contributed by atoms with E-state index in [0.717, 1.165) is 59.1 Å². The van der Waals surface area contributed by atoms with Gasteiger partial charge < -0.3 is 14.4 Å². The third-order valence-electron chi connectivity index (χ3n) is 4.80. The Morgan fingerprint density at radius 1 is 1.23 bits per heavy atom. The van der Waals surface area contributed by atoms with Crippen LogP contribution >= 0.6 is 0 Å². The molecule has 0 N–H and O–H groups in total. The lowest BCUT2D eigenvalue weighted by molar-refractivity contribution is 0.0682. The Kier molecular flexibility index (Phi) is 5.41. The number of aromatic nitrogens is 1. The largest absolute Gasteiger partial charge is 0.383 e. The summed E-state index contributed by atoms with van der Waals surface area (Å²) in [6, 6.07) is 4.22. The predicted octanol–water partition coefficient (Wildman–Crippen LogP) is 1.25. The van der Waals surface area contributed by atoms with Gasteiger partial charge in [0.1, 0.15) is 0 Å². The second kappa shape index (κ2) is 7.51. The molecule has 3 heterocycles. The first-order chi connectivity index (χ1) is 10.8. The van der Waals surface area contributed by atoms with Gasteiger partial charge in [-0.05, 0) is 30.7 Å². The molecule has 5 nitrogen and oxygen atoms in total. The van der Waals surface area contributed by atoms with E-state index in [1.54, 1.807) is 7.11 Å². The van der Waals surface area contributed by atoms with Crippen molar-refractivity contribution in [2.24, 2.45) is 5.41 Å². The van der Waals surface area contributed by atoms with Gasteiger partial charge in [-0.1, -0.05) is 0 Å². The third kappa shape index (κ3) is 4.04. The molecule has 2 fully saturated rings. The van der Waals surface area contributed by atoms with Crippen molar-refractivity contribution in [2.75, 3.05) is 59.7 Å². The first-order valence-corrected chi connectivity index (χ1v) is 8.20. The lowest BCUT2D eigenvalue weighted by Gasteiger charge is -2.32. The lowest BCUT2D eigenvalue weighted by Crippen LogP contribution is -2.40. The van der Waals surface area contributed by atoms with Crippen molar-refractivity contribution in [3.05, 3.63) is 30.1 Å². The highest BCUT2D eigenvalue weighted by Crippen LogP contribution is 2.33. The molecular formula is C17H27N3O2. The zero-order chi connectivity index (χ0) is 15.3. The zero-order valence-electron chi connectivity index (χ0n) is 13.5. The van der Waals surface area contributed by atoms with Gasteiger partial charge >= 0.3 is 0 Å². The van der Waals surface area contributed by atoms with E-state index < -0.39 is 0 Å². The molecular weight excluding hydrogens is 278 g/mol. The van der Waals surface area contributed by atoms with Crippen molar-refractivity contribution < 1.29 is 9.47 Å². The van der Waals surface area contributed by atoms with Crippen LogP contribution in [-0.2, 0) is 16.0 Å². The summed E-state index contributed by atoms with van der Waals surface area (Å²) in [7, 11) is 1.77. The van der Waals surface area contributed by atoms with Crippen molar-refractivity contribution in [1.82, 2.24) is 14.8 Å². The van der Waals surface area contributed by atoms with Crippen LogP contribution in [0.15, 0.2) is 24.5 Å². The normalized spacial score (nSPS) is 27.3. The molecule has 1 aromatic rings. The van der Waals surface area contributed by atoms with Crippen molar-refractivity contribution in [3.63, 3.8) is 0 Å². The highest BCUT2D eigenvalue weighted by Gasteiger charge is 2.40. The molecule has 0 radical (unpaired) electrons. The lowest BCUT2D eigenvalue weighted by atomic mass is 9.87. The number of likely N-dealkylation sites (tertiary alicyclic amines) is 1. The molecule has 0 aromatic carbocycles. The van der Waals surface area contributed by atoms with E-state index >= 15 is 0 Å². The Morgan fingerprint density at radius 3 is 2.86 bits per heavy atom. The number of hydrogen-bond acceptors (Lipinski definition) is 5. The van der Waals surface area contributed by atoms with Crippen LogP contribution in [0, 0.1) is 5.41 Å². The summed E-state index contributed by atoms with van der Waals surface area (Å²) in [6.45, 7) is 9.00. The van der Waals surface area contributed by atoms with Crippen LogP contribution in [0.4, 0.5) is 0 Å². The average molecular weight is 305 g/mol. The summed E-state index contributed by atoms with van der Waals surface area (Å²) in [5.74, 6) is 0. The van der Waals surface area contributed by atoms with Gasteiger partial charge in [-0.3, -0.25) is 9.88 Å². The molecule has 0 bridgehead atoms. The standard InChI is InChI=1S/C17H27N3O2/c1-21-10-8-19-7-4-17(13-19)14-20(9-11-22-15-17)12-16-2-5-18-6-3-16/h2-3,5-6H,4,7-15H2,1H3/t17-/m0/s1. The number of ether oxygens (including phenoxy) is 2. The maximum atomic E-state index is 5.94. The smallest absolute Gasteiger partial charge is 0.0593 e. The van der Waals surface area contributed by atoms with Crippen molar-refractivity contribution >= 4 is 0 Å². The highest BCUT2D eigenvalue weighted by molar-refractivity contribution is 5.09. The molecule has 3 rings (SSSR count). The van der Waals surface area contributed by atoms with Crippen LogP contribution in [0.3, 0.4) is 0 Å². The molecule has 0 saturated carbocycles. The summed E-state index contributed by atoms with van der Waals surface area (Å²) in [6.07, 6.45) is 4.98. The van der Waals surface area contributed by atoms with E-state index in [0.29, 0.717) is 0 Å². The summed E-state index contributed by atoms with van der Waals surface area (Å²) in [5, 5.41) is 0. The minimum absolute atomic E-state index is 0.289. The van der Waals surface area contributed by atoms with Gasteiger partial charge in [0.15, 0.2) is 0 Å². The van der Waals surface area contributed by atoms with E-state index in [2.05, 4.69) is 26.9 Å². The summed E-state index contributed by atoms with van der Waals surface area (Å²) in [5.41, 5.74) is 1.62. The highest BCUT2D eigenvalue weighted by atomic mass is 16.5. The molecule has 0 amide bonds. The fourth-order valence-corrected chi connectivity index (χ4v) is 3.65. The van der Waals surface area contributed by atoms with Gasteiger partial charge in [0.05, 0.1) is 19.8 Å². The number of hydrogen-bond donors (Lipinski definition) is 0. The summed E-state index contributed by atoms with van der Waals surface area (Å²) < 4.78 is 11.2. The fourth-order valence-electron chi connectivity index (χ4n) is 3.65. The van der Waals surface area contributed by atoms with E-state index in [1.165, 1.54) is 12.0 Å². The molecule has 1 aromatic heterocycles. The maximum Gasteiger partial charge on any atom is 0.0593 e. The first-order valence-electron chi connectivity index (χ1n) is 8.20. The van der Waals surface area contributed by atoms with Gasteiger partial charge in [0.25, 0.3) is 0 Å². The van der Waals surface area contributed by atoms with Crippen LogP contribution < -0.4 is 0 Å². The topological polar surface area (TPSA) is 37.8 Å². The van der Waals surface area contributed by atoms with Crippen molar-refractivity contribution in [2.45, 2.75) is 13.0 Å². The molecule has 5 heteroatoms. The number of pyridine rings is 1. The van der Waals surface area contributed by atoms with Gasteiger partial charge in [0.2, 0.25) is 0 Å². The number of nitrogens with zero attached hydrogens (tertiary/aromatic N) is 3. The summed E-state index contributed by atoms with van der Waals surface area (Å²) >= 11 is 0. The monoisotopic (exact) mass is 305 g/mol. The molecule has 122 valence electrons. The van der Waals surface area contributed by atoms with E-state index in [4.69, 9.17) is 9.47 Å². The fraction of sp³-hybridized carbons (Fsp3) is 0.706. The van der Waals surface area contributed by atoms with E-state index in [9.17, 15) is 0 Å². The van der Waals surface area contributed by atoms with Crippen LogP contribution in [0.2, 0.25) is 0 Å². The van der Waals surface area contributed by atoms with Crippen LogP contribution in [-0.4, -0.2) is 74.4 Å². The molecule has 2 aliphatic heterocycles. The van der Waals surface area contributed by atoms with Gasteiger partial charge in [0, 0.05) is 57.6 Å². The Bertz CT molecular complexity index is 456. The average Bonchev–Trinajstić information content (AvgIpc) is 2.82. The molecule has 22 heavy (non-hydrogen) atoms. The van der Waals surface area contributed by atoms with E-state index in [1.807, 2.05) is 12.4 Å². The van der Waals surface area contributed by atoms with Crippen LogP contribution in [0.5, 0.6) is 0 Å². The molecule has 0 aliphatic carbocycles. The molecule has 2 saturated heterocycles. The quantitative estimate of drug-likeness (QED) is 0.818. The Balaban J connectivity index is 1.60. The molecule has 0 unspecified atom stereocenters. The predicted molar refractivity (Wildman–Crippen MR) is 85.7 cm³/mol. The Morgan fingerprint density at radius 2 is 2.05 bits per heavy atom. The number of methoxy groups -OCH3 is 1. The van der Waals surface area contributed by atoms with Gasteiger partial charge in [-0.2, -0.15) is 0 Å². The second-order valence-corrected chi connectivity index (χ2v) is 6.64. The Hall–Kier alpha value is -1.01. The Labute approximate surface area is 133 Å². The summed E-state index contributed by atoms with van der Waals surface area (Å²) in [4.78, 5) is 9.17. The first kappa shape index (κ1) is 15.9.